The molecule has 1 amide bonds. The van der Waals surface area contributed by atoms with Crippen molar-refractivity contribution in [2.24, 2.45) is 0 Å². The van der Waals surface area contributed by atoms with Crippen LogP contribution in [0.15, 0.2) is 46.9 Å². The van der Waals surface area contributed by atoms with Gasteiger partial charge in [-0.2, -0.15) is 0 Å². The number of piperidine rings is 1. The van der Waals surface area contributed by atoms with E-state index in [0.717, 1.165) is 18.8 Å². The van der Waals surface area contributed by atoms with Gasteiger partial charge in [-0.25, -0.2) is 4.79 Å². The van der Waals surface area contributed by atoms with Gasteiger partial charge >= 0.3 is 5.97 Å². The summed E-state index contributed by atoms with van der Waals surface area (Å²) < 4.78 is 5.61. The summed E-state index contributed by atoms with van der Waals surface area (Å²) in [6.07, 6.45) is 3.69. The van der Waals surface area contributed by atoms with Gasteiger partial charge in [-0.15, -0.1) is 0 Å². The Kier molecular flexibility index (Phi) is 6.34. The van der Waals surface area contributed by atoms with Crippen LogP contribution in [0.3, 0.4) is 0 Å². The van der Waals surface area contributed by atoms with Gasteiger partial charge in [-0.1, -0.05) is 15.9 Å². The van der Waals surface area contributed by atoms with Crippen LogP contribution in [0.5, 0.6) is 5.75 Å². The molecule has 1 aliphatic rings. The van der Waals surface area contributed by atoms with Gasteiger partial charge in [0.25, 0.3) is 5.91 Å². The number of anilines is 2. The first kappa shape index (κ1) is 19.2. The van der Waals surface area contributed by atoms with Crippen molar-refractivity contribution in [3.8, 4) is 5.75 Å². The number of phenolic OH excluding ortho intramolecular Hbond substituents is 1. The number of halogens is 1. The maximum atomic E-state index is 12.0. The second-order valence-corrected chi connectivity index (χ2v) is 7.30. The molecule has 1 fully saturated rings. The van der Waals surface area contributed by atoms with Crippen LogP contribution >= 0.6 is 15.9 Å². The predicted octanol–water partition coefficient (Wildman–Crippen LogP) is 3.94. The summed E-state index contributed by atoms with van der Waals surface area (Å²) in [5, 5.41) is 12.4. The largest absolute Gasteiger partial charge is 0.507 e. The standard InChI is InChI=1S/C20H21BrN2O4/c21-14-4-9-18(24)17(12-14)20(26)27-13-19(25)22-15-5-7-16(8-6-15)23-10-2-1-3-11-23/h4-9,12,24H,1-3,10-11,13H2,(H,22,25). The van der Waals surface area contributed by atoms with Crippen molar-refractivity contribution < 1.29 is 19.4 Å². The number of nitrogens with zero attached hydrogens (tertiary/aromatic N) is 1. The van der Waals surface area contributed by atoms with Crippen LogP contribution in [-0.2, 0) is 9.53 Å². The summed E-state index contributed by atoms with van der Waals surface area (Å²) in [6.45, 7) is 1.69. The number of rotatable bonds is 5. The number of hydrogen-bond donors (Lipinski definition) is 2. The van der Waals surface area contributed by atoms with Gasteiger partial charge in [0.15, 0.2) is 6.61 Å². The summed E-state index contributed by atoms with van der Waals surface area (Å²) in [7, 11) is 0. The van der Waals surface area contributed by atoms with Crippen LogP contribution in [0.4, 0.5) is 11.4 Å². The van der Waals surface area contributed by atoms with E-state index in [9.17, 15) is 14.7 Å². The number of carbonyl (C=O) groups excluding carboxylic acids is 2. The molecule has 6 nitrogen and oxygen atoms in total. The minimum Gasteiger partial charge on any atom is -0.507 e. The molecule has 0 spiro atoms. The van der Waals surface area contributed by atoms with E-state index in [-0.39, 0.29) is 11.3 Å². The molecule has 0 unspecified atom stereocenters. The molecule has 0 aromatic heterocycles. The monoisotopic (exact) mass is 432 g/mol. The molecule has 0 bridgehead atoms. The maximum absolute atomic E-state index is 12.0. The second kappa shape index (κ2) is 8.90. The molecule has 1 aliphatic heterocycles. The average molecular weight is 433 g/mol. The number of hydrogen-bond acceptors (Lipinski definition) is 5. The lowest BCUT2D eigenvalue weighted by Crippen LogP contribution is -2.29. The van der Waals surface area contributed by atoms with Crippen molar-refractivity contribution in [1.82, 2.24) is 0 Å². The molecule has 0 atom stereocenters. The van der Waals surface area contributed by atoms with Crippen LogP contribution in [-0.4, -0.2) is 36.7 Å². The molecule has 2 aromatic carbocycles. The van der Waals surface area contributed by atoms with E-state index in [2.05, 4.69) is 26.1 Å². The third kappa shape index (κ3) is 5.23. The van der Waals surface area contributed by atoms with Crippen LogP contribution in [0.1, 0.15) is 29.6 Å². The first-order valence-electron chi connectivity index (χ1n) is 8.83. The lowest BCUT2D eigenvalue weighted by atomic mass is 10.1. The Bertz CT molecular complexity index is 817. The SMILES string of the molecule is O=C(COC(=O)c1cc(Br)ccc1O)Nc1ccc(N2CCCCC2)cc1. The average Bonchev–Trinajstić information content (AvgIpc) is 2.69. The molecule has 7 heteroatoms. The molecular formula is C20H21BrN2O4. The van der Waals surface area contributed by atoms with E-state index >= 15 is 0 Å². The minimum atomic E-state index is -0.760. The Balaban J connectivity index is 1.51. The summed E-state index contributed by atoms with van der Waals surface area (Å²) >= 11 is 3.22. The third-order valence-electron chi connectivity index (χ3n) is 4.39. The summed E-state index contributed by atoms with van der Waals surface area (Å²) in [5.74, 6) is -1.40. The van der Waals surface area contributed by atoms with E-state index in [1.807, 2.05) is 24.3 Å². The normalized spacial score (nSPS) is 13.9. The van der Waals surface area contributed by atoms with Crippen LogP contribution in [0.25, 0.3) is 0 Å². The molecule has 142 valence electrons. The van der Waals surface area contributed by atoms with Gasteiger partial charge in [-0.3, -0.25) is 4.79 Å². The molecule has 1 heterocycles. The van der Waals surface area contributed by atoms with Crippen molar-refractivity contribution in [3.63, 3.8) is 0 Å². The number of nitrogens with one attached hydrogen (secondary N) is 1. The number of aromatic hydroxyl groups is 1. The Morgan fingerprint density at radius 2 is 1.78 bits per heavy atom. The fourth-order valence-electron chi connectivity index (χ4n) is 2.99. The summed E-state index contributed by atoms with van der Waals surface area (Å²) in [4.78, 5) is 26.4. The Morgan fingerprint density at radius 3 is 2.48 bits per heavy atom. The minimum absolute atomic E-state index is 0.00283. The number of amides is 1. The molecule has 1 saturated heterocycles. The summed E-state index contributed by atoms with van der Waals surface area (Å²) in [5.41, 5.74) is 1.79. The van der Waals surface area contributed by atoms with Crippen LogP contribution in [0, 0.1) is 0 Å². The topological polar surface area (TPSA) is 78.9 Å². The van der Waals surface area contributed by atoms with Crippen molar-refractivity contribution in [1.29, 1.82) is 0 Å². The van der Waals surface area contributed by atoms with Gasteiger partial charge in [-0.05, 0) is 61.7 Å². The fourth-order valence-corrected chi connectivity index (χ4v) is 3.35. The van der Waals surface area contributed by atoms with Gasteiger partial charge in [0.05, 0.1) is 0 Å². The molecule has 27 heavy (non-hydrogen) atoms. The number of phenols is 1. The lowest BCUT2D eigenvalue weighted by Gasteiger charge is -2.28. The first-order valence-corrected chi connectivity index (χ1v) is 9.63. The van der Waals surface area contributed by atoms with Crippen molar-refractivity contribution >= 4 is 39.2 Å². The smallest absolute Gasteiger partial charge is 0.342 e. The lowest BCUT2D eigenvalue weighted by molar-refractivity contribution is -0.119. The van der Waals surface area contributed by atoms with E-state index in [0.29, 0.717) is 10.2 Å². The summed E-state index contributed by atoms with van der Waals surface area (Å²) in [6, 6.07) is 12.1. The molecule has 2 N–H and O–H groups in total. The fraction of sp³-hybridized carbons (Fsp3) is 0.300. The van der Waals surface area contributed by atoms with Crippen molar-refractivity contribution in [2.75, 3.05) is 29.9 Å². The van der Waals surface area contributed by atoms with E-state index in [1.165, 1.54) is 31.4 Å². The number of ether oxygens (including phenoxy) is 1. The highest BCUT2D eigenvalue weighted by Crippen LogP contribution is 2.23. The van der Waals surface area contributed by atoms with Gasteiger partial charge in [0, 0.05) is 28.9 Å². The Labute approximate surface area is 166 Å². The quantitative estimate of drug-likeness (QED) is 0.699. The molecular weight excluding hydrogens is 412 g/mol. The van der Waals surface area contributed by atoms with Gasteiger partial charge in [0.1, 0.15) is 11.3 Å². The van der Waals surface area contributed by atoms with Gasteiger partial charge < -0.3 is 20.1 Å². The zero-order chi connectivity index (χ0) is 19.2. The van der Waals surface area contributed by atoms with Crippen molar-refractivity contribution in [3.05, 3.63) is 52.5 Å². The predicted molar refractivity (Wildman–Crippen MR) is 107 cm³/mol. The second-order valence-electron chi connectivity index (χ2n) is 6.38. The van der Waals surface area contributed by atoms with Gasteiger partial charge in [0.2, 0.25) is 0 Å². The third-order valence-corrected chi connectivity index (χ3v) is 4.88. The van der Waals surface area contributed by atoms with E-state index < -0.39 is 18.5 Å². The first-order chi connectivity index (χ1) is 13.0. The highest BCUT2D eigenvalue weighted by atomic mass is 79.9. The molecule has 0 aliphatic carbocycles. The molecule has 0 radical (unpaired) electrons. The Hall–Kier alpha value is -2.54. The van der Waals surface area contributed by atoms with Crippen molar-refractivity contribution in [2.45, 2.75) is 19.3 Å². The molecule has 0 saturated carbocycles. The highest BCUT2D eigenvalue weighted by Gasteiger charge is 2.15. The zero-order valence-electron chi connectivity index (χ0n) is 14.8. The molecule has 3 rings (SSSR count). The number of benzene rings is 2. The maximum Gasteiger partial charge on any atom is 0.342 e. The highest BCUT2D eigenvalue weighted by molar-refractivity contribution is 9.10. The molecule has 2 aromatic rings. The van der Waals surface area contributed by atoms with E-state index in [1.54, 1.807) is 6.07 Å². The van der Waals surface area contributed by atoms with Crippen LogP contribution < -0.4 is 10.2 Å². The van der Waals surface area contributed by atoms with E-state index in [4.69, 9.17) is 4.74 Å². The zero-order valence-corrected chi connectivity index (χ0v) is 16.4. The number of carbonyl (C=O) groups is 2. The Morgan fingerprint density at radius 1 is 1.07 bits per heavy atom. The van der Waals surface area contributed by atoms with Crippen LogP contribution in [0.2, 0.25) is 0 Å². The number of esters is 1.